The Morgan fingerprint density at radius 3 is 2.41 bits per heavy atom. The van der Waals surface area contributed by atoms with Crippen molar-refractivity contribution < 1.29 is 9.59 Å². The highest BCUT2D eigenvalue weighted by molar-refractivity contribution is 8.01. The smallest absolute Gasteiger partial charge is 0.236 e. The number of anilines is 1. The van der Waals surface area contributed by atoms with Crippen molar-refractivity contribution in [2.75, 3.05) is 16.8 Å². The van der Waals surface area contributed by atoms with Crippen molar-refractivity contribution in [1.82, 2.24) is 30.3 Å². The van der Waals surface area contributed by atoms with Crippen LogP contribution in [-0.4, -0.2) is 48.3 Å². The molecule has 1 aromatic carbocycles. The number of hydrogen-bond acceptors (Lipinski definition) is 9. The Bertz CT molecular complexity index is 1290. The third-order valence-corrected chi connectivity index (χ3v) is 11.0. The SMILES string of the molecule is CCSc1nnc(NC(=O)CSc2nnc(CNC(=O)C34CC5CC(CC(C5)C3)C4)n2Cc2ccccc2)s1. The van der Waals surface area contributed by atoms with Crippen LogP contribution in [0.1, 0.15) is 56.8 Å². The van der Waals surface area contributed by atoms with Gasteiger partial charge < -0.3 is 9.88 Å². The summed E-state index contributed by atoms with van der Waals surface area (Å²) < 4.78 is 2.84. The van der Waals surface area contributed by atoms with Gasteiger partial charge in [-0.05, 0) is 67.6 Å². The second kappa shape index (κ2) is 11.6. The van der Waals surface area contributed by atoms with Crippen LogP contribution in [0, 0.1) is 23.2 Å². The molecule has 4 fully saturated rings. The monoisotopic (exact) mass is 583 g/mol. The number of carbonyl (C=O) groups is 2. The summed E-state index contributed by atoms with van der Waals surface area (Å²) in [5.74, 6) is 3.94. The molecule has 0 spiro atoms. The van der Waals surface area contributed by atoms with Gasteiger partial charge in [-0.25, -0.2) is 0 Å². The first-order valence-electron chi connectivity index (χ1n) is 13.6. The zero-order valence-electron chi connectivity index (χ0n) is 22.0. The van der Waals surface area contributed by atoms with Gasteiger partial charge in [0, 0.05) is 5.41 Å². The molecule has 2 amide bonds. The van der Waals surface area contributed by atoms with E-state index in [4.69, 9.17) is 0 Å². The van der Waals surface area contributed by atoms with Gasteiger partial charge in [0.2, 0.25) is 16.9 Å². The minimum absolute atomic E-state index is 0.169. The van der Waals surface area contributed by atoms with E-state index < -0.39 is 0 Å². The summed E-state index contributed by atoms with van der Waals surface area (Å²) >= 11 is 4.30. The maximum absolute atomic E-state index is 13.5. The zero-order valence-corrected chi connectivity index (χ0v) is 24.4. The van der Waals surface area contributed by atoms with Crippen LogP contribution in [0.15, 0.2) is 39.8 Å². The fraction of sp³-hybridized carbons (Fsp3) is 0.556. The lowest BCUT2D eigenvalue weighted by atomic mass is 9.49. The Labute approximate surface area is 240 Å². The summed E-state index contributed by atoms with van der Waals surface area (Å²) in [5.41, 5.74) is 0.904. The molecule has 3 aromatic rings. The molecule has 2 aromatic heterocycles. The molecule has 0 radical (unpaired) electrons. The second-order valence-corrected chi connectivity index (χ2v) is 14.4. The van der Waals surface area contributed by atoms with Gasteiger partial charge >= 0.3 is 0 Å². The van der Waals surface area contributed by atoms with Gasteiger partial charge in [0.1, 0.15) is 0 Å². The average molecular weight is 584 g/mol. The Hall–Kier alpha value is -2.44. The number of nitrogens with one attached hydrogen (secondary N) is 2. The van der Waals surface area contributed by atoms with Crippen LogP contribution in [0.3, 0.4) is 0 Å². The molecular weight excluding hydrogens is 551 g/mol. The normalized spacial score (nSPS) is 25.1. The molecular formula is C27H33N7O2S3. The highest BCUT2D eigenvalue weighted by Gasteiger charge is 2.54. The van der Waals surface area contributed by atoms with Crippen LogP contribution in [-0.2, 0) is 22.7 Å². The van der Waals surface area contributed by atoms with Gasteiger partial charge in [0.25, 0.3) is 0 Å². The Morgan fingerprint density at radius 1 is 1.00 bits per heavy atom. The molecule has 2 heterocycles. The van der Waals surface area contributed by atoms with Crippen molar-refractivity contribution in [3.63, 3.8) is 0 Å². The molecule has 7 rings (SSSR count). The minimum Gasteiger partial charge on any atom is -0.348 e. The summed E-state index contributed by atoms with van der Waals surface area (Å²) in [5, 5.41) is 24.2. The molecule has 4 bridgehead atoms. The third kappa shape index (κ3) is 6.02. The molecule has 0 aliphatic heterocycles. The maximum atomic E-state index is 13.5. The molecule has 9 nitrogen and oxygen atoms in total. The molecule has 39 heavy (non-hydrogen) atoms. The van der Waals surface area contributed by atoms with E-state index in [1.54, 1.807) is 11.8 Å². The highest BCUT2D eigenvalue weighted by atomic mass is 32.2. The minimum atomic E-state index is -0.200. The number of thioether (sulfide) groups is 2. The lowest BCUT2D eigenvalue weighted by Crippen LogP contribution is -2.53. The van der Waals surface area contributed by atoms with Crippen molar-refractivity contribution in [3.05, 3.63) is 41.7 Å². The Balaban J connectivity index is 1.12. The fourth-order valence-corrected chi connectivity index (χ4v) is 9.37. The van der Waals surface area contributed by atoms with E-state index in [9.17, 15) is 9.59 Å². The Morgan fingerprint density at radius 2 is 1.72 bits per heavy atom. The van der Waals surface area contributed by atoms with Crippen molar-refractivity contribution in [2.45, 2.75) is 68.0 Å². The molecule has 12 heteroatoms. The molecule has 206 valence electrons. The van der Waals surface area contributed by atoms with Crippen LogP contribution in [0.5, 0.6) is 0 Å². The summed E-state index contributed by atoms with van der Waals surface area (Å²) in [6.07, 6.45) is 7.03. The molecule has 0 unspecified atom stereocenters. The van der Waals surface area contributed by atoms with Crippen molar-refractivity contribution >= 4 is 51.8 Å². The molecule has 0 saturated heterocycles. The van der Waals surface area contributed by atoms with Gasteiger partial charge in [0.05, 0.1) is 18.8 Å². The quantitative estimate of drug-likeness (QED) is 0.243. The van der Waals surface area contributed by atoms with Gasteiger partial charge in [-0.3, -0.25) is 14.9 Å². The van der Waals surface area contributed by atoms with Crippen molar-refractivity contribution in [2.24, 2.45) is 23.2 Å². The zero-order chi connectivity index (χ0) is 26.8. The van der Waals surface area contributed by atoms with Crippen molar-refractivity contribution in [1.29, 1.82) is 0 Å². The largest absolute Gasteiger partial charge is 0.348 e. The first-order chi connectivity index (χ1) is 19.0. The molecule has 2 N–H and O–H groups in total. The van der Waals surface area contributed by atoms with E-state index in [-0.39, 0.29) is 23.0 Å². The molecule has 4 saturated carbocycles. The summed E-state index contributed by atoms with van der Waals surface area (Å²) in [6.45, 7) is 2.94. The van der Waals surface area contributed by atoms with E-state index in [1.807, 2.05) is 22.8 Å². The lowest BCUT2D eigenvalue weighted by Gasteiger charge is -2.55. The molecule has 4 aliphatic carbocycles. The summed E-state index contributed by atoms with van der Waals surface area (Å²) in [4.78, 5) is 26.2. The molecule has 0 atom stereocenters. The van der Waals surface area contributed by atoms with Gasteiger partial charge in [0.15, 0.2) is 15.3 Å². The number of hydrogen-bond donors (Lipinski definition) is 2. The average Bonchev–Trinajstić information content (AvgIpc) is 3.52. The lowest BCUT2D eigenvalue weighted by molar-refractivity contribution is -0.146. The Kier molecular flexibility index (Phi) is 7.95. The van der Waals surface area contributed by atoms with Crippen LogP contribution in [0.25, 0.3) is 0 Å². The maximum Gasteiger partial charge on any atom is 0.236 e. The predicted molar refractivity (Wildman–Crippen MR) is 154 cm³/mol. The fourth-order valence-electron chi connectivity index (χ4n) is 6.94. The van der Waals surface area contributed by atoms with E-state index in [0.717, 1.165) is 52.7 Å². The second-order valence-electron chi connectivity index (χ2n) is 11.0. The van der Waals surface area contributed by atoms with Crippen LogP contribution >= 0.6 is 34.9 Å². The van der Waals surface area contributed by atoms with Gasteiger partial charge in [-0.2, -0.15) is 0 Å². The number of aromatic nitrogens is 5. The number of rotatable bonds is 11. The summed E-state index contributed by atoms with van der Waals surface area (Å²) in [7, 11) is 0. The third-order valence-electron chi connectivity index (χ3n) is 8.16. The highest BCUT2D eigenvalue weighted by Crippen LogP contribution is 2.60. The first-order valence-corrected chi connectivity index (χ1v) is 16.4. The molecule has 4 aliphatic rings. The predicted octanol–water partition coefficient (Wildman–Crippen LogP) is 4.85. The standard InChI is InChI=1S/C27H33N7O2S3/c1-2-37-26-33-31-24(39-26)29-22(35)16-38-25-32-30-21(34(25)15-17-6-4-3-5-7-17)14-28-23(36)27-11-18-8-19(12-27)10-20(9-18)13-27/h3-7,18-20H,2,8-16H2,1H3,(H,28,36)(H,29,31,35). The van der Waals surface area contributed by atoms with Crippen LogP contribution in [0.4, 0.5) is 5.13 Å². The van der Waals surface area contributed by atoms with E-state index in [0.29, 0.717) is 29.2 Å². The van der Waals surface area contributed by atoms with Crippen LogP contribution < -0.4 is 10.6 Å². The number of amides is 2. The summed E-state index contributed by atoms with van der Waals surface area (Å²) in [6, 6.07) is 10.1. The number of carbonyl (C=O) groups excluding carboxylic acids is 2. The van der Waals surface area contributed by atoms with E-state index in [1.165, 1.54) is 42.4 Å². The number of nitrogens with zero attached hydrogens (tertiary/aromatic N) is 5. The first kappa shape index (κ1) is 26.8. The topological polar surface area (TPSA) is 115 Å². The van der Waals surface area contributed by atoms with E-state index in [2.05, 4.69) is 50.1 Å². The number of benzene rings is 1. The van der Waals surface area contributed by atoms with Crippen LogP contribution in [0.2, 0.25) is 0 Å². The van der Waals surface area contributed by atoms with Gasteiger partial charge in [-0.15, -0.1) is 20.4 Å². The van der Waals surface area contributed by atoms with Gasteiger partial charge in [-0.1, -0.05) is 72.1 Å². The van der Waals surface area contributed by atoms with E-state index >= 15 is 0 Å². The van der Waals surface area contributed by atoms with Crippen molar-refractivity contribution in [3.8, 4) is 0 Å².